The largest absolute Gasteiger partial charge is 0.434 e. The summed E-state index contributed by atoms with van der Waals surface area (Å²) < 4.78 is 65.7. The molecule has 0 bridgehead atoms. The molecular weight excluding hydrogens is 391 g/mol. The highest BCUT2D eigenvalue weighted by Gasteiger charge is 2.57. The van der Waals surface area contributed by atoms with E-state index in [4.69, 9.17) is 5.14 Å². The Hall–Kier alpha value is -2.06. The predicted octanol–water partition coefficient (Wildman–Crippen LogP) is 4.45. The standard InChI is InChI=1S/C20H22F3NO3S/c1-20(2)16(18(20)13-4-8-15(9-5-13)28(24,25)26)10-6-12-3-7-14(21)11-17(12)27-19(22)23/h3-5,7-9,11,16,18-19H,6,10H2,1-2H3,(H2,24,25,26)/t16-,18?/m1/s1. The van der Waals surface area contributed by atoms with Crippen LogP contribution in [0.5, 0.6) is 5.75 Å². The van der Waals surface area contributed by atoms with E-state index in [1.165, 1.54) is 24.3 Å². The SMILES string of the molecule is CC1(C)C(c2ccc(S(N)(=O)=O)cc2)[C@H]1CCc1ccc(F)cc1OC(F)F. The predicted molar refractivity (Wildman–Crippen MR) is 99.2 cm³/mol. The summed E-state index contributed by atoms with van der Waals surface area (Å²) in [4.78, 5) is 0.0614. The van der Waals surface area contributed by atoms with Crippen LogP contribution in [0.4, 0.5) is 13.2 Å². The number of halogens is 3. The summed E-state index contributed by atoms with van der Waals surface area (Å²) in [6.45, 7) is 1.21. The monoisotopic (exact) mass is 413 g/mol. The number of primary sulfonamides is 1. The van der Waals surface area contributed by atoms with Crippen molar-refractivity contribution in [3.05, 3.63) is 59.4 Å². The van der Waals surface area contributed by atoms with Crippen LogP contribution >= 0.6 is 0 Å². The van der Waals surface area contributed by atoms with E-state index < -0.39 is 22.5 Å². The van der Waals surface area contributed by atoms with Crippen LogP contribution in [0.15, 0.2) is 47.4 Å². The van der Waals surface area contributed by atoms with Crippen molar-refractivity contribution in [2.75, 3.05) is 0 Å². The Balaban J connectivity index is 1.72. The van der Waals surface area contributed by atoms with Crippen molar-refractivity contribution in [2.24, 2.45) is 16.5 Å². The molecule has 3 rings (SSSR count). The minimum Gasteiger partial charge on any atom is -0.434 e. The summed E-state index contributed by atoms with van der Waals surface area (Å²) in [5, 5.41) is 5.13. The van der Waals surface area contributed by atoms with Crippen LogP contribution in [0.1, 0.15) is 37.3 Å². The molecule has 1 unspecified atom stereocenters. The fraction of sp³-hybridized carbons (Fsp3) is 0.400. The maximum Gasteiger partial charge on any atom is 0.387 e. The highest BCUT2D eigenvalue weighted by atomic mass is 32.2. The van der Waals surface area contributed by atoms with Gasteiger partial charge in [-0.1, -0.05) is 32.0 Å². The van der Waals surface area contributed by atoms with Crippen LogP contribution in [0.25, 0.3) is 0 Å². The third kappa shape index (κ3) is 4.33. The van der Waals surface area contributed by atoms with E-state index in [1.807, 2.05) is 0 Å². The van der Waals surface area contributed by atoms with Crippen LogP contribution in [-0.2, 0) is 16.4 Å². The van der Waals surface area contributed by atoms with E-state index >= 15 is 0 Å². The van der Waals surface area contributed by atoms with Gasteiger partial charge in [0.15, 0.2) is 0 Å². The number of ether oxygens (including phenoxy) is 1. The van der Waals surface area contributed by atoms with E-state index in [9.17, 15) is 21.6 Å². The van der Waals surface area contributed by atoms with Gasteiger partial charge in [0.05, 0.1) is 4.90 Å². The van der Waals surface area contributed by atoms with Gasteiger partial charge >= 0.3 is 6.61 Å². The summed E-state index contributed by atoms with van der Waals surface area (Å²) in [6, 6.07) is 10.2. The molecule has 8 heteroatoms. The van der Waals surface area contributed by atoms with Crippen molar-refractivity contribution in [3.63, 3.8) is 0 Å². The van der Waals surface area contributed by atoms with Crippen molar-refractivity contribution >= 4 is 10.0 Å². The molecule has 0 saturated heterocycles. The maximum absolute atomic E-state index is 13.4. The zero-order chi connectivity index (χ0) is 20.7. The van der Waals surface area contributed by atoms with E-state index in [1.54, 1.807) is 12.1 Å². The van der Waals surface area contributed by atoms with E-state index in [2.05, 4.69) is 18.6 Å². The Bertz CT molecular complexity index is 959. The average molecular weight is 413 g/mol. The lowest BCUT2D eigenvalue weighted by Crippen LogP contribution is -2.11. The molecule has 4 nitrogen and oxygen atoms in total. The average Bonchev–Trinajstić information content (AvgIpc) is 3.13. The number of benzene rings is 2. The fourth-order valence-electron chi connectivity index (χ4n) is 4.06. The number of aryl methyl sites for hydroxylation is 1. The molecule has 2 N–H and O–H groups in total. The molecule has 2 aromatic rings. The Kier molecular flexibility index (Phi) is 5.46. The number of hydrogen-bond acceptors (Lipinski definition) is 3. The Morgan fingerprint density at radius 1 is 1.14 bits per heavy atom. The molecule has 0 aliphatic heterocycles. The van der Waals surface area contributed by atoms with E-state index in [0.29, 0.717) is 18.4 Å². The molecule has 2 atom stereocenters. The molecule has 1 aliphatic carbocycles. The van der Waals surface area contributed by atoms with Gasteiger partial charge in [-0.3, -0.25) is 0 Å². The second kappa shape index (κ2) is 7.40. The first-order valence-corrected chi connectivity index (χ1v) is 10.4. The molecule has 2 aromatic carbocycles. The van der Waals surface area contributed by atoms with Crippen molar-refractivity contribution in [1.82, 2.24) is 0 Å². The Labute approximate surface area is 162 Å². The first kappa shape index (κ1) is 20.7. The van der Waals surface area contributed by atoms with Crippen LogP contribution in [0.2, 0.25) is 0 Å². The van der Waals surface area contributed by atoms with E-state index in [0.717, 1.165) is 11.6 Å². The van der Waals surface area contributed by atoms with Gasteiger partial charge in [-0.15, -0.1) is 0 Å². The Morgan fingerprint density at radius 2 is 1.79 bits per heavy atom. The molecule has 1 saturated carbocycles. The molecule has 0 radical (unpaired) electrons. The molecule has 152 valence electrons. The summed E-state index contributed by atoms with van der Waals surface area (Å²) in [6.07, 6.45) is 1.18. The normalized spacial score (nSPS) is 21.0. The van der Waals surface area contributed by atoms with Crippen molar-refractivity contribution in [1.29, 1.82) is 0 Å². The highest BCUT2D eigenvalue weighted by Crippen LogP contribution is 2.66. The van der Waals surface area contributed by atoms with Gasteiger partial charge in [-0.05, 0) is 59.4 Å². The summed E-state index contributed by atoms with van der Waals surface area (Å²) in [5.41, 5.74) is 1.52. The molecule has 1 aliphatic rings. The first-order chi connectivity index (χ1) is 13.0. The molecule has 28 heavy (non-hydrogen) atoms. The van der Waals surface area contributed by atoms with Gasteiger partial charge in [0, 0.05) is 6.07 Å². The topological polar surface area (TPSA) is 69.4 Å². The first-order valence-electron chi connectivity index (χ1n) is 8.86. The van der Waals surface area contributed by atoms with Crippen molar-refractivity contribution in [2.45, 2.75) is 44.1 Å². The molecule has 1 fully saturated rings. The van der Waals surface area contributed by atoms with Crippen LogP contribution in [0.3, 0.4) is 0 Å². The quantitative estimate of drug-likeness (QED) is 0.729. The maximum atomic E-state index is 13.4. The number of alkyl halides is 2. The molecule has 0 aromatic heterocycles. The molecule has 0 amide bonds. The van der Waals surface area contributed by atoms with Crippen molar-refractivity contribution in [3.8, 4) is 5.75 Å². The second-order valence-corrected chi connectivity index (χ2v) is 9.25. The highest BCUT2D eigenvalue weighted by molar-refractivity contribution is 7.89. The van der Waals surface area contributed by atoms with Crippen molar-refractivity contribution < 1.29 is 26.3 Å². The van der Waals surface area contributed by atoms with Crippen LogP contribution in [0, 0.1) is 17.2 Å². The zero-order valence-corrected chi connectivity index (χ0v) is 16.3. The summed E-state index contributed by atoms with van der Waals surface area (Å²) >= 11 is 0. The fourth-order valence-corrected chi connectivity index (χ4v) is 4.58. The lowest BCUT2D eigenvalue weighted by Gasteiger charge is -2.11. The third-order valence-corrected chi connectivity index (χ3v) is 6.52. The van der Waals surface area contributed by atoms with Gasteiger partial charge < -0.3 is 4.74 Å². The zero-order valence-electron chi connectivity index (χ0n) is 15.5. The number of rotatable bonds is 7. The molecule has 0 spiro atoms. The van der Waals surface area contributed by atoms with E-state index in [-0.39, 0.29) is 27.9 Å². The Morgan fingerprint density at radius 3 is 2.36 bits per heavy atom. The van der Waals surface area contributed by atoms with Gasteiger partial charge in [0.2, 0.25) is 10.0 Å². The van der Waals surface area contributed by atoms with Gasteiger partial charge in [-0.25, -0.2) is 17.9 Å². The van der Waals surface area contributed by atoms with Gasteiger partial charge in [0.1, 0.15) is 11.6 Å². The van der Waals surface area contributed by atoms with Crippen LogP contribution in [-0.4, -0.2) is 15.0 Å². The minimum atomic E-state index is -3.74. The smallest absolute Gasteiger partial charge is 0.387 e. The summed E-state index contributed by atoms with van der Waals surface area (Å²) in [5.74, 6) is -0.277. The van der Waals surface area contributed by atoms with Gasteiger partial charge in [0.25, 0.3) is 0 Å². The van der Waals surface area contributed by atoms with Gasteiger partial charge in [-0.2, -0.15) is 8.78 Å². The number of hydrogen-bond donors (Lipinski definition) is 1. The summed E-state index contributed by atoms with van der Waals surface area (Å²) in [7, 11) is -3.74. The molecule has 0 heterocycles. The second-order valence-electron chi connectivity index (χ2n) is 7.69. The number of sulfonamides is 1. The lowest BCUT2D eigenvalue weighted by molar-refractivity contribution is -0.0506. The minimum absolute atomic E-state index is 0.0210. The third-order valence-electron chi connectivity index (χ3n) is 5.59. The number of nitrogens with two attached hydrogens (primary N) is 1. The molecular formula is C20H22F3NO3S. The van der Waals surface area contributed by atoms with Crippen LogP contribution < -0.4 is 9.88 Å². The lowest BCUT2D eigenvalue weighted by atomic mass is 10.0.